The number of rotatable bonds is 6. The maximum atomic E-state index is 8.69. The van der Waals surface area contributed by atoms with Crippen LogP contribution in [0, 0.1) is 0 Å². The van der Waals surface area contributed by atoms with Crippen molar-refractivity contribution in [1.29, 1.82) is 0 Å². The largest absolute Gasteiger partial charge is 0.409 e. The summed E-state index contributed by atoms with van der Waals surface area (Å²) in [7, 11) is 2.03. The summed E-state index contributed by atoms with van der Waals surface area (Å²) in [6, 6.07) is 0.0487. The lowest BCUT2D eigenvalue weighted by molar-refractivity contribution is 0.228. The van der Waals surface area contributed by atoms with Gasteiger partial charge in [-0.15, -0.1) is 0 Å². The van der Waals surface area contributed by atoms with Crippen molar-refractivity contribution >= 4 is 5.84 Å². The fraction of sp³-hybridized carbons (Fsp3) is 0.909. The van der Waals surface area contributed by atoms with E-state index in [4.69, 9.17) is 10.9 Å². The summed E-state index contributed by atoms with van der Waals surface area (Å²) < 4.78 is 0. The van der Waals surface area contributed by atoms with Crippen molar-refractivity contribution in [3.63, 3.8) is 0 Å². The summed E-state index contributed by atoms with van der Waals surface area (Å²) in [5.41, 5.74) is 5.66. The van der Waals surface area contributed by atoms with E-state index in [1.807, 2.05) is 7.05 Å². The predicted octanol–water partition coefficient (Wildman–Crippen LogP) is 0.539. The Balaban J connectivity index is 2.33. The zero-order valence-electron chi connectivity index (χ0n) is 10.4. The minimum atomic E-state index is 0.0487. The number of likely N-dealkylation sites (N-methyl/N-ethyl adjacent to an activating group) is 1. The van der Waals surface area contributed by atoms with Crippen LogP contribution in [0.5, 0.6) is 0 Å². The van der Waals surface area contributed by atoms with Crippen molar-refractivity contribution in [2.75, 3.05) is 33.2 Å². The highest BCUT2D eigenvalue weighted by molar-refractivity contribution is 5.85. The smallest absolute Gasteiger partial charge is 0.156 e. The molecule has 0 radical (unpaired) electrons. The molecule has 16 heavy (non-hydrogen) atoms. The van der Waals surface area contributed by atoms with Crippen LogP contribution >= 0.6 is 0 Å². The van der Waals surface area contributed by atoms with Gasteiger partial charge in [0.25, 0.3) is 0 Å². The van der Waals surface area contributed by atoms with E-state index in [1.165, 1.54) is 25.9 Å². The molecule has 0 aromatic carbocycles. The summed E-state index contributed by atoms with van der Waals surface area (Å²) in [6.07, 6.45) is 3.51. The topological polar surface area (TPSA) is 65.1 Å². The Kier molecular flexibility index (Phi) is 5.55. The molecule has 0 amide bonds. The van der Waals surface area contributed by atoms with Gasteiger partial charge < -0.3 is 15.8 Å². The summed E-state index contributed by atoms with van der Waals surface area (Å²) in [4.78, 5) is 4.63. The molecule has 1 rings (SSSR count). The second-order valence-corrected chi connectivity index (χ2v) is 4.48. The van der Waals surface area contributed by atoms with Gasteiger partial charge in [-0.2, -0.15) is 0 Å². The monoisotopic (exact) mass is 228 g/mol. The Morgan fingerprint density at radius 1 is 1.50 bits per heavy atom. The van der Waals surface area contributed by atoms with Gasteiger partial charge in [0.15, 0.2) is 5.84 Å². The van der Waals surface area contributed by atoms with Gasteiger partial charge in [0.1, 0.15) is 0 Å². The average Bonchev–Trinajstić information content (AvgIpc) is 2.79. The molecule has 5 nitrogen and oxygen atoms in total. The molecule has 0 bridgehead atoms. The van der Waals surface area contributed by atoms with E-state index >= 15 is 0 Å². The fourth-order valence-corrected chi connectivity index (χ4v) is 2.27. The molecular formula is C11H24N4O. The summed E-state index contributed by atoms with van der Waals surface area (Å²) in [5, 5.41) is 11.8. The van der Waals surface area contributed by atoms with Crippen molar-refractivity contribution in [1.82, 2.24) is 9.80 Å². The highest BCUT2D eigenvalue weighted by Gasteiger charge is 2.19. The minimum absolute atomic E-state index is 0.0487. The molecule has 1 atom stereocenters. The molecule has 1 aliphatic rings. The molecule has 1 heterocycles. The van der Waals surface area contributed by atoms with E-state index in [0.29, 0.717) is 5.84 Å². The molecule has 0 aliphatic carbocycles. The summed E-state index contributed by atoms with van der Waals surface area (Å²) in [5.74, 6) is 0.312. The van der Waals surface area contributed by atoms with Crippen molar-refractivity contribution in [3.8, 4) is 0 Å². The minimum Gasteiger partial charge on any atom is -0.409 e. The van der Waals surface area contributed by atoms with Crippen LogP contribution in [-0.2, 0) is 0 Å². The van der Waals surface area contributed by atoms with Crippen LogP contribution in [0.3, 0.4) is 0 Å². The lowest BCUT2D eigenvalue weighted by Gasteiger charge is -2.27. The highest BCUT2D eigenvalue weighted by atomic mass is 16.4. The SMILES string of the molecule is CCC(C(N)=NO)N(C)CCN1CCCC1. The van der Waals surface area contributed by atoms with E-state index in [2.05, 4.69) is 21.9 Å². The average molecular weight is 228 g/mol. The Labute approximate surface area is 97.9 Å². The quantitative estimate of drug-likeness (QED) is 0.301. The van der Waals surface area contributed by atoms with Gasteiger partial charge in [-0.05, 0) is 39.4 Å². The molecule has 5 heteroatoms. The van der Waals surface area contributed by atoms with Crippen LogP contribution in [-0.4, -0.2) is 60.1 Å². The van der Waals surface area contributed by atoms with Gasteiger partial charge in [0.2, 0.25) is 0 Å². The number of hydrogen-bond acceptors (Lipinski definition) is 4. The molecule has 1 unspecified atom stereocenters. The maximum Gasteiger partial charge on any atom is 0.156 e. The lowest BCUT2D eigenvalue weighted by Crippen LogP contribution is -2.45. The Morgan fingerprint density at radius 3 is 2.62 bits per heavy atom. The van der Waals surface area contributed by atoms with E-state index in [1.54, 1.807) is 0 Å². The molecule has 0 saturated carbocycles. The van der Waals surface area contributed by atoms with E-state index in [-0.39, 0.29) is 6.04 Å². The van der Waals surface area contributed by atoms with E-state index in [0.717, 1.165) is 19.5 Å². The second-order valence-electron chi connectivity index (χ2n) is 4.48. The number of likely N-dealkylation sites (tertiary alicyclic amines) is 1. The normalized spacial score (nSPS) is 20.6. The van der Waals surface area contributed by atoms with Crippen LogP contribution in [0.4, 0.5) is 0 Å². The molecule has 0 aromatic heterocycles. The molecule has 3 N–H and O–H groups in total. The Bertz CT molecular complexity index is 226. The van der Waals surface area contributed by atoms with Crippen molar-refractivity contribution in [2.45, 2.75) is 32.2 Å². The molecule has 1 saturated heterocycles. The lowest BCUT2D eigenvalue weighted by atomic mass is 10.2. The van der Waals surface area contributed by atoms with Crippen molar-refractivity contribution in [2.24, 2.45) is 10.9 Å². The summed E-state index contributed by atoms with van der Waals surface area (Å²) in [6.45, 7) is 6.53. The molecule has 0 spiro atoms. The Morgan fingerprint density at radius 2 is 2.12 bits per heavy atom. The zero-order chi connectivity index (χ0) is 12.0. The van der Waals surface area contributed by atoms with Gasteiger partial charge in [-0.25, -0.2) is 0 Å². The first-order valence-corrected chi connectivity index (χ1v) is 6.09. The van der Waals surface area contributed by atoms with Crippen molar-refractivity contribution in [3.05, 3.63) is 0 Å². The first-order valence-electron chi connectivity index (χ1n) is 6.09. The standard InChI is InChI=1S/C11H24N4O/c1-3-10(11(12)13-16)14(2)8-9-15-6-4-5-7-15/h10,16H,3-9H2,1-2H3,(H2,12,13). The fourth-order valence-electron chi connectivity index (χ4n) is 2.27. The van der Waals surface area contributed by atoms with E-state index in [9.17, 15) is 0 Å². The number of nitrogens with zero attached hydrogens (tertiary/aromatic N) is 3. The highest BCUT2D eigenvalue weighted by Crippen LogP contribution is 2.08. The van der Waals surface area contributed by atoms with Gasteiger partial charge in [-0.3, -0.25) is 4.90 Å². The van der Waals surface area contributed by atoms with Crippen LogP contribution in [0.25, 0.3) is 0 Å². The molecular weight excluding hydrogens is 204 g/mol. The van der Waals surface area contributed by atoms with Crippen LogP contribution in [0.1, 0.15) is 26.2 Å². The predicted molar refractivity (Wildman–Crippen MR) is 65.8 cm³/mol. The number of nitrogens with two attached hydrogens (primary N) is 1. The molecule has 94 valence electrons. The molecule has 1 aliphatic heterocycles. The van der Waals surface area contributed by atoms with E-state index < -0.39 is 0 Å². The van der Waals surface area contributed by atoms with Crippen LogP contribution in [0.15, 0.2) is 5.16 Å². The third-order valence-electron chi connectivity index (χ3n) is 3.34. The number of oxime groups is 1. The number of amidine groups is 1. The first kappa shape index (κ1) is 13.3. The maximum absolute atomic E-state index is 8.69. The molecule has 0 aromatic rings. The van der Waals surface area contributed by atoms with Gasteiger partial charge in [-0.1, -0.05) is 12.1 Å². The summed E-state index contributed by atoms with van der Waals surface area (Å²) >= 11 is 0. The third-order valence-corrected chi connectivity index (χ3v) is 3.34. The Hall–Kier alpha value is -0.810. The van der Waals surface area contributed by atoms with Crippen LogP contribution < -0.4 is 5.73 Å². The number of hydrogen-bond donors (Lipinski definition) is 2. The van der Waals surface area contributed by atoms with Crippen molar-refractivity contribution < 1.29 is 5.21 Å². The van der Waals surface area contributed by atoms with Crippen LogP contribution in [0.2, 0.25) is 0 Å². The first-order chi connectivity index (χ1) is 7.69. The van der Waals surface area contributed by atoms with Gasteiger partial charge >= 0.3 is 0 Å². The third kappa shape index (κ3) is 3.64. The zero-order valence-corrected chi connectivity index (χ0v) is 10.4. The van der Waals surface area contributed by atoms with Gasteiger partial charge in [0, 0.05) is 13.1 Å². The van der Waals surface area contributed by atoms with Gasteiger partial charge in [0.05, 0.1) is 6.04 Å². The second kappa shape index (κ2) is 6.70. The molecule has 1 fully saturated rings.